The zero-order valence-electron chi connectivity index (χ0n) is 16.9. The number of thiazole rings is 1. The summed E-state index contributed by atoms with van der Waals surface area (Å²) in [6, 6.07) is 12.4. The average molecular weight is 429 g/mol. The Hall–Kier alpha value is -2.22. The van der Waals surface area contributed by atoms with Gasteiger partial charge in [-0.3, -0.25) is 0 Å². The Labute approximate surface area is 180 Å². The van der Waals surface area contributed by atoms with Crippen LogP contribution < -0.4 is 10.6 Å². The maximum Gasteiger partial charge on any atom is 0.191 e. The summed E-state index contributed by atoms with van der Waals surface area (Å²) in [5.41, 5.74) is 2.27. The molecule has 1 atom stereocenters. The molecule has 154 valence electrons. The molecule has 2 aromatic heterocycles. The number of aromatic nitrogens is 1. The van der Waals surface area contributed by atoms with Crippen molar-refractivity contribution in [3.8, 4) is 0 Å². The maximum absolute atomic E-state index is 10.7. The van der Waals surface area contributed by atoms with Crippen molar-refractivity contribution in [1.82, 2.24) is 15.6 Å². The van der Waals surface area contributed by atoms with Crippen molar-refractivity contribution >= 4 is 28.6 Å². The minimum absolute atomic E-state index is 0.384. The Balaban J connectivity index is 1.54. The van der Waals surface area contributed by atoms with Crippen LogP contribution in [0.15, 0.2) is 57.5 Å². The third kappa shape index (κ3) is 6.66. The topological polar surface area (TPSA) is 69.5 Å². The van der Waals surface area contributed by atoms with Gasteiger partial charge in [-0.2, -0.15) is 11.3 Å². The number of thiophene rings is 1. The summed E-state index contributed by atoms with van der Waals surface area (Å²) < 4.78 is 0. The summed E-state index contributed by atoms with van der Waals surface area (Å²) in [7, 11) is 0. The number of nitrogens with zero attached hydrogens (tertiary/aromatic N) is 2. The minimum Gasteiger partial charge on any atom is -0.384 e. The summed E-state index contributed by atoms with van der Waals surface area (Å²) in [4.78, 5) is 9.34. The molecule has 0 amide bonds. The van der Waals surface area contributed by atoms with E-state index in [0.29, 0.717) is 19.0 Å². The monoisotopic (exact) mass is 428 g/mol. The smallest absolute Gasteiger partial charge is 0.191 e. The van der Waals surface area contributed by atoms with E-state index in [-0.39, 0.29) is 0 Å². The van der Waals surface area contributed by atoms with Crippen molar-refractivity contribution in [2.45, 2.75) is 38.8 Å². The van der Waals surface area contributed by atoms with Crippen molar-refractivity contribution in [2.75, 3.05) is 13.1 Å². The predicted molar refractivity (Wildman–Crippen MR) is 123 cm³/mol. The van der Waals surface area contributed by atoms with E-state index in [9.17, 15) is 5.11 Å². The second-order valence-corrected chi connectivity index (χ2v) is 8.78. The van der Waals surface area contributed by atoms with E-state index in [4.69, 9.17) is 4.98 Å². The van der Waals surface area contributed by atoms with Crippen LogP contribution in [0, 0.1) is 0 Å². The standard InChI is InChI=1S/C22H28N4OS2/c1-3-23-21(25-16-22(2,27)18-11-12-28-14-18)24-13-19-15-29-20(26-19)10-9-17-7-5-4-6-8-17/h4-8,11-12,14-15,27H,3,9-10,13,16H2,1-2H3,(H2,23,24,25). The average Bonchev–Trinajstić information content (AvgIpc) is 3.42. The molecule has 1 unspecified atom stereocenters. The first kappa shape index (κ1) is 21.5. The highest BCUT2D eigenvalue weighted by atomic mass is 32.1. The Morgan fingerprint density at radius 2 is 1.97 bits per heavy atom. The number of benzene rings is 1. The van der Waals surface area contributed by atoms with E-state index in [2.05, 4.69) is 45.3 Å². The van der Waals surface area contributed by atoms with E-state index < -0.39 is 5.60 Å². The summed E-state index contributed by atoms with van der Waals surface area (Å²) >= 11 is 3.27. The fourth-order valence-corrected chi connectivity index (χ4v) is 4.43. The predicted octanol–water partition coefficient (Wildman–Crippen LogP) is 3.95. The third-order valence-corrected chi connectivity index (χ3v) is 6.20. The van der Waals surface area contributed by atoms with Gasteiger partial charge in [0.05, 0.1) is 23.8 Å². The molecule has 2 heterocycles. The highest BCUT2D eigenvalue weighted by Crippen LogP contribution is 2.22. The van der Waals surface area contributed by atoms with E-state index in [0.717, 1.165) is 35.7 Å². The van der Waals surface area contributed by atoms with E-state index in [1.807, 2.05) is 36.7 Å². The maximum atomic E-state index is 10.7. The number of rotatable bonds is 9. The van der Waals surface area contributed by atoms with Crippen LogP contribution in [0.4, 0.5) is 0 Å². The summed E-state index contributed by atoms with van der Waals surface area (Å²) in [5.74, 6) is 0.682. The molecule has 0 radical (unpaired) electrons. The lowest BCUT2D eigenvalue weighted by molar-refractivity contribution is 0.0621. The molecule has 5 nitrogen and oxygen atoms in total. The fraction of sp³-hybridized carbons (Fsp3) is 0.364. The SMILES string of the molecule is CCNC(=NCc1csc(CCc2ccccc2)n1)NCC(C)(O)c1ccsc1. The first-order valence-electron chi connectivity index (χ1n) is 9.81. The van der Waals surface area contributed by atoms with Crippen LogP contribution in [-0.2, 0) is 25.0 Å². The Bertz CT molecular complexity index is 889. The van der Waals surface area contributed by atoms with Crippen molar-refractivity contribution < 1.29 is 5.11 Å². The van der Waals surface area contributed by atoms with Gasteiger partial charge in [0, 0.05) is 18.3 Å². The summed E-state index contributed by atoms with van der Waals surface area (Å²) in [6.07, 6.45) is 1.94. The molecular formula is C22H28N4OS2. The van der Waals surface area contributed by atoms with Crippen LogP contribution in [0.2, 0.25) is 0 Å². The van der Waals surface area contributed by atoms with Crippen molar-refractivity contribution in [3.05, 3.63) is 74.4 Å². The number of hydrogen-bond donors (Lipinski definition) is 3. The zero-order valence-corrected chi connectivity index (χ0v) is 18.5. The molecule has 0 aliphatic carbocycles. The van der Waals surface area contributed by atoms with E-state index >= 15 is 0 Å². The second-order valence-electron chi connectivity index (χ2n) is 7.05. The lowest BCUT2D eigenvalue weighted by Gasteiger charge is -2.24. The van der Waals surface area contributed by atoms with Gasteiger partial charge < -0.3 is 15.7 Å². The van der Waals surface area contributed by atoms with Gasteiger partial charge in [0.15, 0.2) is 5.96 Å². The molecule has 0 aliphatic rings. The van der Waals surface area contributed by atoms with Gasteiger partial charge in [-0.05, 0) is 48.2 Å². The van der Waals surface area contributed by atoms with Gasteiger partial charge in [-0.1, -0.05) is 30.3 Å². The van der Waals surface area contributed by atoms with Crippen molar-refractivity contribution in [2.24, 2.45) is 4.99 Å². The van der Waals surface area contributed by atoms with E-state index in [1.165, 1.54) is 5.56 Å². The van der Waals surface area contributed by atoms with Gasteiger partial charge in [-0.25, -0.2) is 9.98 Å². The third-order valence-electron chi connectivity index (χ3n) is 4.56. The molecule has 0 fully saturated rings. The Morgan fingerprint density at radius 3 is 2.69 bits per heavy atom. The molecule has 7 heteroatoms. The van der Waals surface area contributed by atoms with Gasteiger partial charge in [0.25, 0.3) is 0 Å². The fourth-order valence-electron chi connectivity index (χ4n) is 2.86. The number of guanidine groups is 1. The highest BCUT2D eigenvalue weighted by Gasteiger charge is 2.23. The largest absolute Gasteiger partial charge is 0.384 e. The number of aliphatic imine (C=N–C) groups is 1. The molecule has 3 N–H and O–H groups in total. The molecule has 3 rings (SSSR count). The first-order valence-corrected chi connectivity index (χ1v) is 11.6. The van der Waals surface area contributed by atoms with Crippen LogP contribution in [0.25, 0.3) is 0 Å². The number of aryl methyl sites for hydroxylation is 2. The molecule has 0 spiro atoms. The van der Waals surface area contributed by atoms with Gasteiger partial charge in [-0.15, -0.1) is 11.3 Å². The number of hydrogen-bond acceptors (Lipinski definition) is 5. The van der Waals surface area contributed by atoms with Gasteiger partial charge >= 0.3 is 0 Å². The van der Waals surface area contributed by atoms with Gasteiger partial charge in [0.1, 0.15) is 5.60 Å². The first-order chi connectivity index (χ1) is 14.1. The second kappa shape index (κ2) is 10.5. The van der Waals surface area contributed by atoms with Crippen molar-refractivity contribution in [3.63, 3.8) is 0 Å². The van der Waals surface area contributed by atoms with E-state index in [1.54, 1.807) is 22.7 Å². The van der Waals surface area contributed by atoms with Crippen LogP contribution in [-0.4, -0.2) is 29.1 Å². The Morgan fingerprint density at radius 1 is 1.14 bits per heavy atom. The van der Waals surface area contributed by atoms with Crippen LogP contribution in [0.5, 0.6) is 0 Å². The minimum atomic E-state index is -0.943. The van der Waals surface area contributed by atoms with Crippen LogP contribution >= 0.6 is 22.7 Å². The molecule has 0 aliphatic heterocycles. The molecule has 0 bridgehead atoms. The molecule has 3 aromatic rings. The number of aliphatic hydroxyl groups is 1. The molecule has 29 heavy (non-hydrogen) atoms. The molecule has 0 saturated carbocycles. The lowest BCUT2D eigenvalue weighted by Crippen LogP contribution is -2.44. The molecule has 0 saturated heterocycles. The zero-order chi connectivity index (χ0) is 20.5. The summed E-state index contributed by atoms with van der Waals surface area (Å²) in [5, 5.41) is 24.3. The summed E-state index contributed by atoms with van der Waals surface area (Å²) in [6.45, 7) is 5.49. The molecule has 1 aromatic carbocycles. The van der Waals surface area contributed by atoms with Crippen LogP contribution in [0.3, 0.4) is 0 Å². The van der Waals surface area contributed by atoms with Crippen molar-refractivity contribution in [1.29, 1.82) is 0 Å². The number of nitrogens with one attached hydrogen (secondary N) is 2. The van der Waals surface area contributed by atoms with Gasteiger partial charge in [0.2, 0.25) is 0 Å². The normalized spacial score (nSPS) is 13.8. The van der Waals surface area contributed by atoms with Crippen LogP contribution in [0.1, 0.15) is 35.7 Å². The molecular weight excluding hydrogens is 400 g/mol. The quantitative estimate of drug-likeness (QED) is 0.356. The highest BCUT2D eigenvalue weighted by molar-refractivity contribution is 7.09. The Kier molecular flexibility index (Phi) is 7.80. The lowest BCUT2D eigenvalue weighted by atomic mass is 9.99.